The Kier molecular flexibility index (Phi) is 3.49. The van der Waals surface area contributed by atoms with E-state index in [0.29, 0.717) is 17.7 Å². The van der Waals surface area contributed by atoms with Crippen LogP contribution in [0, 0.1) is 0 Å². The number of halogens is 1. The summed E-state index contributed by atoms with van der Waals surface area (Å²) in [6.45, 7) is 3.66. The van der Waals surface area contributed by atoms with Gasteiger partial charge in [0.2, 0.25) is 0 Å². The molecular formula is C12H15ClO2. The number of rotatable bonds is 5. The van der Waals surface area contributed by atoms with Gasteiger partial charge >= 0.3 is 0 Å². The topological polar surface area (TPSA) is 21.8 Å². The average molecular weight is 227 g/mol. The maximum Gasteiger partial charge on any atom is 0.141 e. The minimum Gasteiger partial charge on any atom is -0.492 e. The van der Waals surface area contributed by atoms with Crippen molar-refractivity contribution in [1.82, 2.24) is 0 Å². The zero-order valence-electron chi connectivity index (χ0n) is 8.83. The number of hydrogen-bond acceptors (Lipinski definition) is 2. The third-order valence-electron chi connectivity index (χ3n) is 2.35. The molecule has 1 saturated heterocycles. The molecule has 2 rings (SSSR count). The number of hydrogen-bond donors (Lipinski definition) is 0. The van der Waals surface area contributed by atoms with Crippen molar-refractivity contribution in [1.29, 1.82) is 0 Å². The van der Waals surface area contributed by atoms with Crippen LogP contribution in [0.1, 0.15) is 18.9 Å². The van der Waals surface area contributed by atoms with Gasteiger partial charge in [-0.3, -0.25) is 0 Å². The van der Waals surface area contributed by atoms with Crippen LogP contribution in [0.4, 0.5) is 0 Å². The second kappa shape index (κ2) is 4.86. The Balaban J connectivity index is 2.13. The molecule has 1 heterocycles. The molecule has 1 atom stereocenters. The Morgan fingerprint density at radius 3 is 3.00 bits per heavy atom. The second-order valence-corrected chi connectivity index (χ2v) is 4.14. The van der Waals surface area contributed by atoms with Gasteiger partial charge in [0.05, 0.1) is 24.3 Å². The van der Waals surface area contributed by atoms with E-state index in [2.05, 4.69) is 13.0 Å². The van der Waals surface area contributed by atoms with Crippen LogP contribution < -0.4 is 4.74 Å². The third kappa shape index (κ3) is 2.86. The van der Waals surface area contributed by atoms with Crippen LogP contribution in [0.25, 0.3) is 0 Å². The quantitative estimate of drug-likeness (QED) is 0.720. The lowest BCUT2D eigenvalue weighted by molar-refractivity contribution is 0.312. The van der Waals surface area contributed by atoms with E-state index in [1.54, 1.807) is 0 Å². The normalized spacial score (nSPS) is 18.9. The smallest absolute Gasteiger partial charge is 0.141 e. The summed E-state index contributed by atoms with van der Waals surface area (Å²) in [6.07, 6.45) is 2.26. The van der Waals surface area contributed by atoms with Crippen LogP contribution in [0.15, 0.2) is 18.2 Å². The maximum atomic E-state index is 6.10. The highest BCUT2D eigenvalue weighted by atomic mass is 35.5. The average Bonchev–Trinajstić information content (AvgIpc) is 3.01. The van der Waals surface area contributed by atoms with E-state index >= 15 is 0 Å². The zero-order valence-corrected chi connectivity index (χ0v) is 9.59. The molecule has 0 amide bonds. The van der Waals surface area contributed by atoms with Crippen molar-refractivity contribution in [3.63, 3.8) is 0 Å². The Bertz CT molecular complexity index is 334. The number of benzene rings is 1. The number of ether oxygens (including phenoxy) is 2. The molecule has 0 aliphatic carbocycles. The third-order valence-corrected chi connectivity index (χ3v) is 2.65. The summed E-state index contributed by atoms with van der Waals surface area (Å²) < 4.78 is 10.9. The van der Waals surface area contributed by atoms with Crippen molar-refractivity contribution in [2.45, 2.75) is 25.9 Å². The van der Waals surface area contributed by atoms with Gasteiger partial charge in [-0.05, 0) is 18.1 Å². The highest BCUT2D eigenvalue weighted by Crippen LogP contribution is 2.31. The Labute approximate surface area is 95.1 Å². The first-order chi connectivity index (χ1) is 7.31. The highest BCUT2D eigenvalue weighted by Gasteiger charge is 2.24. The predicted molar refractivity (Wildman–Crippen MR) is 60.7 cm³/mol. The highest BCUT2D eigenvalue weighted by molar-refractivity contribution is 6.32. The molecule has 15 heavy (non-hydrogen) atoms. The van der Waals surface area contributed by atoms with E-state index in [1.807, 2.05) is 12.1 Å². The molecule has 1 aromatic carbocycles. The lowest BCUT2D eigenvalue weighted by atomic mass is 10.1. The van der Waals surface area contributed by atoms with Crippen LogP contribution in [0.5, 0.6) is 5.75 Å². The SMILES string of the molecule is CCCOc1c(Cl)cccc1CC1CO1. The van der Waals surface area contributed by atoms with Crippen LogP contribution in [-0.2, 0) is 11.2 Å². The molecule has 1 aliphatic heterocycles. The summed E-state index contributed by atoms with van der Waals surface area (Å²) in [5.74, 6) is 0.830. The second-order valence-electron chi connectivity index (χ2n) is 3.74. The van der Waals surface area contributed by atoms with E-state index in [9.17, 15) is 0 Å². The number of epoxide rings is 1. The Morgan fingerprint density at radius 1 is 1.53 bits per heavy atom. The minimum absolute atomic E-state index is 0.368. The summed E-state index contributed by atoms with van der Waals surface area (Å²) in [7, 11) is 0. The predicted octanol–water partition coefficient (Wildman–Crippen LogP) is 3.07. The first kappa shape index (κ1) is 10.8. The Morgan fingerprint density at radius 2 is 2.33 bits per heavy atom. The minimum atomic E-state index is 0.368. The van der Waals surface area contributed by atoms with E-state index in [-0.39, 0.29) is 0 Å². The molecule has 0 bridgehead atoms. The van der Waals surface area contributed by atoms with Crippen molar-refractivity contribution in [3.05, 3.63) is 28.8 Å². The van der Waals surface area contributed by atoms with Gasteiger partial charge in [-0.15, -0.1) is 0 Å². The maximum absolute atomic E-state index is 6.10. The van der Waals surface area contributed by atoms with E-state index in [0.717, 1.165) is 30.8 Å². The van der Waals surface area contributed by atoms with Gasteiger partial charge in [-0.2, -0.15) is 0 Å². The molecule has 1 unspecified atom stereocenters. The standard InChI is InChI=1S/C12H15ClO2/c1-2-6-14-12-9(7-10-8-15-10)4-3-5-11(12)13/h3-5,10H,2,6-8H2,1H3. The zero-order chi connectivity index (χ0) is 10.7. The lowest BCUT2D eigenvalue weighted by Gasteiger charge is -2.11. The summed E-state index contributed by atoms with van der Waals surface area (Å²) in [5.41, 5.74) is 1.15. The molecule has 1 aliphatic rings. The van der Waals surface area contributed by atoms with Crippen molar-refractivity contribution < 1.29 is 9.47 Å². The van der Waals surface area contributed by atoms with Crippen LogP contribution in [0.3, 0.4) is 0 Å². The fourth-order valence-corrected chi connectivity index (χ4v) is 1.76. The lowest BCUT2D eigenvalue weighted by Crippen LogP contribution is -2.02. The molecule has 1 fully saturated rings. The van der Waals surface area contributed by atoms with Gasteiger partial charge in [0, 0.05) is 6.42 Å². The largest absolute Gasteiger partial charge is 0.492 e. The fourth-order valence-electron chi connectivity index (χ4n) is 1.51. The van der Waals surface area contributed by atoms with Gasteiger partial charge in [0.25, 0.3) is 0 Å². The molecule has 0 radical (unpaired) electrons. The van der Waals surface area contributed by atoms with Crippen molar-refractivity contribution >= 4 is 11.6 Å². The van der Waals surface area contributed by atoms with E-state index in [1.165, 1.54) is 0 Å². The Hall–Kier alpha value is -0.730. The first-order valence-corrected chi connectivity index (χ1v) is 5.71. The number of para-hydroxylation sites is 1. The summed E-state index contributed by atoms with van der Waals surface area (Å²) in [4.78, 5) is 0. The molecule has 0 saturated carbocycles. The molecule has 2 nitrogen and oxygen atoms in total. The molecule has 82 valence electrons. The van der Waals surface area contributed by atoms with Gasteiger partial charge < -0.3 is 9.47 Å². The van der Waals surface area contributed by atoms with Gasteiger partial charge in [-0.25, -0.2) is 0 Å². The molecule has 0 aromatic heterocycles. The summed E-state index contributed by atoms with van der Waals surface area (Å²) in [6, 6.07) is 5.88. The fraction of sp³-hybridized carbons (Fsp3) is 0.500. The molecule has 0 N–H and O–H groups in total. The molecule has 1 aromatic rings. The van der Waals surface area contributed by atoms with Crippen LogP contribution in [-0.4, -0.2) is 19.3 Å². The van der Waals surface area contributed by atoms with Crippen molar-refractivity contribution in [2.24, 2.45) is 0 Å². The van der Waals surface area contributed by atoms with Gasteiger partial charge in [0.1, 0.15) is 5.75 Å². The summed E-state index contributed by atoms with van der Waals surface area (Å²) in [5, 5.41) is 0.696. The van der Waals surface area contributed by atoms with Crippen molar-refractivity contribution in [2.75, 3.05) is 13.2 Å². The van der Waals surface area contributed by atoms with E-state index < -0.39 is 0 Å². The van der Waals surface area contributed by atoms with Crippen molar-refractivity contribution in [3.8, 4) is 5.75 Å². The van der Waals surface area contributed by atoms with E-state index in [4.69, 9.17) is 21.1 Å². The molecule has 3 heteroatoms. The van der Waals surface area contributed by atoms with Gasteiger partial charge in [-0.1, -0.05) is 30.7 Å². The van der Waals surface area contributed by atoms with Gasteiger partial charge in [0.15, 0.2) is 0 Å². The van der Waals surface area contributed by atoms with Crippen LogP contribution in [0.2, 0.25) is 5.02 Å². The monoisotopic (exact) mass is 226 g/mol. The molecule has 0 spiro atoms. The van der Waals surface area contributed by atoms with Crippen LogP contribution >= 0.6 is 11.6 Å². The first-order valence-electron chi connectivity index (χ1n) is 5.33. The molecular weight excluding hydrogens is 212 g/mol. The summed E-state index contributed by atoms with van der Waals surface area (Å²) >= 11 is 6.10.